The van der Waals surface area contributed by atoms with Crippen molar-refractivity contribution in [3.8, 4) is 0 Å². The van der Waals surface area contributed by atoms with Gasteiger partial charge in [0.1, 0.15) is 0 Å². The summed E-state index contributed by atoms with van der Waals surface area (Å²) in [6.07, 6.45) is 0. The molecule has 1 aromatic rings. The molecular weight excluding hydrogens is 196 g/mol. The zero-order chi connectivity index (χ0) is 8.97. The van der Waals surface area contributed by atoms with E-state index in [2.05, 4.69) is 0 Å². The standard InChI is InChI=1S/C7H8N2O3.ClH/c10-8-5-6-1-3-7(4-2-6)9(11)12;/h1-4,8,10H,5H2;1H. The van der Waals surface area contributed by atoms with Gasteiger partial charge < -0.3 is 5.21 Å². The van der Waals surface area contributed by atoms with Gasteiger partial charge in [-0.05, 0) is 5.56 Å². The Morgan fingerprint density at radius 1 is 1.38 bits per heavy atom. The topological polar surface area (TPSA) is 75.4 Å². The quantitative estimate of drug-likeness (QED) is 0.578. The number of halogens is 1. The third-order valence-electron chi connectivity index (χ3n) is 1.43. The molecule has 5 nitrogen and oxygen atoms in total. The van der Waals surface area contributed by atoms with Crippen LogP contribution in [0.1, 0.15) is 5.56 Å². The Hall–Kier alpha value is -1.17. The molecular formula is C7H9ClN2O3. The van der Waals surface area contributed by atoms with Gasteiger partial charge in [0, 0.05) is 18.7 Å². The Bertz CT molecular complexity index is 276. The maximum absolute atomic E-state index is 10.2. The van der Waals surface area contributed by atoms with Gasteiger partial charge in [-0.2, -0.15) is 0 Å². The van der Waals surface area contributed by atoms with E-state index in [1.165, 1.54) is 12.1 Å². The van der Waals surface area contributed by atoms with Crippen LogP contribution in [-0.4, -0.2) is 10.1 Å². The van der Waals surface area contributed by atoms with Gasteiger partial charge in [0.05, 0.1) is 4.92 Å². The number of hydroxylamine groups is 1. The first-order chi connectivity index (χ1) is 5.74. The molecule has 0 aliphatic rings. The van der Waals surface area contributed by atoms with Gasteiger partial charge in [0.2, 0.25) is 0 Å². The second kappa shape index (κ2) is 5.47. The predicted molar refractivity (Wildman–Crippen MR) is 49.0 cm³/mol. The van der Waals surface area contributed by atoms with E-state index in [0.717, 1.165) is 5.56 Å². The largest absolute Gasteiger partial charge is 0.316 e. The lowest BCUT2D eigenvalue weighted by Crippen LogP contribution is -2.05. The number of hydrogen-bond donors (Lipinski definition) is 2. The van der Waals surface area contributed by atoms with Crippen molar-refractivity contribution in [2.24, 2.45) is 0 Å². The van der Waals surface area contributed by atoms with Crippen LogP contribution in [0.2, 0.25) is 0 Å². The minimum Gasteiger partial charge on any atom is -0.316 e. The first kappa shape index (κ1) is 11.8. The molecule has 0 radical (unpaired) electrons. The van der Waals surface area contributed by atoms with Crippen LogP contribution in [0.25, 0.3) is 0 Å². The summed E-state index contributed by atoms with van der Waals surface area (Å²) in [5.41, 5.74) is 2.81. The van der Waals surface area contributed by atoms with Crippen LogP contribution in [0, 0.1) is 10.1 Å². The van der Waals surface area contributed by atoms with Crippen molar-refractivity contribution in [1.82, 2.24) is 5.48 Å². The molecule has 0 aliphatic heterocycles. The molecule has 0 saturated heterocycles. The average Bonchev–Trinajstić information content (AvgIpc) is 2.06. The number of nitrogens with one attached hydrogen (secondary N) is 1. The molecule has 0 spiro atoms. The number of nitrogens with zero attached hydrogens (tertiary/aromatic N) is 1. The van der Waals surface area contributed by atoms with Crippen molar-refractivity contribution in [3.63, 3.8) is 0 Å². The van der Waals surface area contributed by atoms with Crippen molar-refractivity contribution in [2.45, 2.75) is 6.54 Å². The van der Waals surface area contributed by atoms with Crippen molar-refractivity contribution in [2.75, 3.05) is 0 Å². The molecule has 0 aliphatic carbocycles. The maximum Gasteiger partial charge on any atom is 0.269 e. The zero-order valence-electron chi connectivity index (χ0n) is 6.64. The summed E-state index contributed by atoms with van der Waals surface area (Å²) in [4.78, 5) is 9.75. The van der Waals surface area contributed by atoms with Gasteiger partial charge >= 0.3 is 0 Å². The van der Waals surface area contributed by atoms with Crippen LogP contribution < -0.4 is 5.48 Å². The Morgan fingerprint density at radius 3 is 2.31 bits per heavy atom. The minimum absolute atomic E-state index is 0. The maximum atomic E-state index is 10.2. The number of benzene rings is 1. The predicted octanol–water partition coefficient (Wildman–Crippen LogP) is 1.50. The van der Waals surface area contributed by atoms with Crippen LogP contribution in [0.5, 0.6) is 0 Å². The summed E-state index contributed by atoms with van der Waals surface area (Å²) in [6, 6.07) is 5.96. The molecule has 0 unspecified atom stereocenters. The third kappa shape index (κ3) is 3.37. The lowest BCUT2D eigenvalue weighted by atomic mass is 10.2. The third-order valence-corrected chi connectivity index (χ3v) is 1.43. The summed E-state index contributed by atoms with van der Waals surface area (Å²) in [7, 11) is 0. The molecule has 0 bridgehead atoms. The summed E-state index contributed by atoms with van der Waals surface area (Å²) < 4.78 is 0. The molecule has 0 saturated carbocycles. The highest BCUT2D eigenvalue weighted by atomic mass is 35.5. The molecule has 0 fully saturated rings. The van der Waals surface area contributed by atoms with Crippen LogP contribution in [0.15, 0.2) is 24.3 Å². The molecule has 0 atom stereocenters. The molecule has 6 heteroatoms. The van der Waals surface area contributed by atoms with E-state index < -0.39 is 4.92 Å². The summed E-state index contributed by atoms with van der Waals surface area (Å²) in [5, 5.41) is 18.5. The zero-order valence-corrected chi connectivity index (χ0v) is 7.45. The van der Waals surface area contributed by atoms with Crippen LogP contribution >= 0.6 is 12.4 Å². The van der Waals surface area contributed by atoms with Gasteiger partial charge in [-0.15, -0.1) is 12.4 Å². The Labute approximate surface area is 80.9 Å². The highest BCUT2D eigenvalue weighted by molar-refractivity contribution is 5.85. The lowest BCUT2D eigenvalue weighted by Gasteiger charge is -1.96. The van der Waals surface area contributed by atoms with E-state index in [1.807, 2.05) is 5.48 Å². The van der Waals surface area contributed by atoms with E-state index in [0.29, 0.717) is 0 Å². The van der Waals surface area contributed by atoms with Gasteiger partial charge in [0.25, 0.3) is 5.69 Å². The van der Waals surface area contributed by atoms with Crippen molar-refractivity contribution in [1.29, 1.82) is 0 Å². The minimum atomic E-state index is -0.462. The van der Waals surface area contributed by atoms with E-state index >= 15 is 0 Å². The van der Waals surface area contributed by atoms with E-state index in [4.69, 9.17) is 5.21 Å². The highest BCUT2D eigenvalue weighted by Crippen LogP contribution is 2.11. The number of nitro groups is 1. The average molecular weight is 205 g/mol. The molecule has 2 N–H and O–H groups in total. The SMILES string of the molecule is Cl.O=[N+]([O-])c1ccc(CNO)cc1. The number of non-ortho nitro benzene ring substituents is 1. The van der Waals surface area contributed by atoms with Gasteiger partial charge in [-0.25, -0.2) is 5.48 Å². The van der Waals surface area contributed by atoms with Crippen LogP contribution in [-0.2, 0) is 6.54 Å². The van der Waals surface area contributed by atoms with E-state index in [1.54, 1.807) is 12.1 Å². The fourth-order valence-electron chi connectivity index (χ4n) is 0.827. The smallest absolute Gasteiger partial charge is 0.269 e. The van der Waals surface area contributed by atoms with Gasteiger partial charge in [-0.3, -0.25) is 10.1 Å². The van der Waals surface area contributed by atoms with Crippen LogP contribution in [0.3, 0.4) is 0 Å². The fourth-order valence-corrected chi connectivity index (χ4v) is 0.827. The molecule has 0 heterocycles. The van der Waals surface area contributed by atoms with E-state index in [-0.39, 0.29) is 24.6 Å². The van der Waals surface area contributed by atoms with E-state index in [9.17, 15) is 10.1 Å². The first-order valence-electron chi connectivity index (χ1n) is 3.34. The molecule has 0 amide bonds. The molecule has 0 aromatic heterocycles. The summed E-state index contributed by atoms with van der Waals surface area (Å²) >= 11 is 0. The Morgan fingerprint density at radius 2 is 1.92 bits per heavy atom. The van der Waals surface area contributed by atoms with Crippen molar-refractivity contribution < 1.29 is 10.1 Å². The second-order valence-electron chi connectivity index (χ2n) is 2.26. The fraction of sp³-hybridized carbons (Fsp3) is 0.143. The number of hydrogen-bond acceptors (Lipinski definition) is 4. The van der Waals surface area contributed by atoms with Crippen LogP contribution in [0.4, 0.5) is 5.69 Å². The Kier molecular flexibility index (Phi) is 4.98. The number of rotatable bonds is 3. The first-order valence-corrected chi connectivity index (χ1v) is 3.34. The van der Waals surface area contributed by atoms with Crippen molar-refractivity contribution >= 4 is 18.1 Å². The molecule has 13 heavy (non-hydrogen) atoms. The number of nitro benzene ring substituents is 1. The molecule has 1 rings (SSSR count). The van der Waals surface area contributed by atoms with Gasteiger partial charge in [0.15, 0.2) is 0 Å². The Balaban J connectivity index is 0.00000144. The monoisotopic (exact) mass is 204 g/mol. The van der Waals surface area contributed by atoms with Gasteiger partial charge in [-0.1, -0.05) is 12.1 Å². The lowest BCUT2D eigenvalue weighted by molar-refractivity contribution is -0.384. The molecule has 72 valence electrons. The summed E-state index contributed by atoms with van der Waals surface area (Å²) in [5.74, 6) is 0. The summed E-state index contributed by atoms with van der Waals surface area (Å²) in [6.45, 7) is 0.290. The highest BCUT2D eigenvalue weighted by Gasteiger charge is 2.02. The second-order valence-corrected chi connectivity index (χ2v) is 2.26. The molecule has 1 aromatic carbocycles. The normalized spacial score (nSPS) is 9.00. The van der Waals surface area contributed by atoms with Crippen molar-refractivity contribution in [3.05, 3.63) is 39.9 Å².